The number of ether oxygens (including phenoxy) is 2. The first kappa shape index (κ1) is 24.2. The molecule has 166 valence electrons. The number of hydrogen-bond donors (Lipinski definition) is 2. The van der Waals surface area contributed by atoms with Gasteiger partial charge in [0.15, 0.2) is 5.96 Å². The van der Waals surface area contributed by atoms with Gasteiger partial charge >= 0.3 is 6.09 Å². The zero-order valence-corrected chi connectivity index (χ0v) is 20.5. The van der Waals surface area contributed by atoms with Crippen molar-refractivity contribution in [2.24, 2.45) is 4.99 Å². The van der Waals surface area contributed by atoms with E-state index in [1.54, 1.807) is 0 Å². The summed E-state index contributed by atoms with van der Waals surface area (Å²) in [7, 11) is 1.81. The molecule has 8 heteroatoms. The van der Waals surface area contributed by atoms with E-state index >= 15 is 0 Å². The highest BCUT2D eigenvalue weighted by Gasteiger charge is 2.45. The van der Waals surface area contributed by atoms with Crippen LogP contribution in [0.4, 0.5) is 4.79 Å². The second kappa shape index (κ2) is 10.8. The van der Waals surface area contributed by atoms with Crippen molar-refractivity contribution >= 4 is 36.0 Å². The molecule has 0 spiro atoms. The monoisotopic (exact) mass is 520 g/mol. The fourth-order valence-electron chi connectivity index (χ4n) is 4.43. The van der Waals surface area contributed by atoms with Gasteiger partial charge in [0.2, 0.25) is 0 Å². The highest BCUT2D eigenvalue weighted by molar-refractivity contribution is 14.0. The quantitative estimate of drug-likeness (QED) is 0.257. The smallest absolute Gasteiger partial charge is 0.410 e. The lowest BCUT2D eigenvalue weighted by molar-refractivity contribution is 0.00545. The van der Waals surface area contributed by atoms with Gasteiger partial charge in [-0.15, -0.1) is 24.0 Å². The van der Waals surface area contributed by atoms with Crippen molar-refractivity contribution in [1.29, 1.82) is 0 Å². The molecule has 2 unspecified atom stereocenters. The summed E-state index contributed by atoms with van der Waals surface area (Å²) in [5, 5.41) is 7.00. The topological polar surface area (TPSA) is 75.2 Å². The number of amides is 1. The first-order valence-corrected chi connectivity index (χ1v) is 10.6. The van der Waals surface area contributed by atoms with Crippen LogP contribution in [0, 0.1) is 0 Å². The number of piperidine rings is 1. The Balaban J connectivity index is 0.00000300. The zero-order valence-electron chi connectivity index (χ0n) is 18.2. The fourth-order valence-corrected chi connectivity index (χ4v) is 4.43. The number of rotatable bonds is 4. The SMILES string of the molecule is CN=C(NCCC1=CCOCC1)NC1CC2CCC(C1)N2C(=O)OC(C)(C)C.I. The largest absolute Gasteiger partial charge is 0.444 e. The lowest BCUT2D eigenvalue weighted by Gasteiger charge is -2.40. The molecule has 0 aromatic carbocycles. The lowest BCUT2D eigenvalue weighted by Crippen LogP contribution is -2.55. The third kappa shape index (κ3) is 7.01. The number of nitrogens with one attached hydrogen (secondary N) is 2. The van der Waals surface area contributed by atoms with Crippen LogP contribution in [0.3, 0.4) is 0 Å². The van der Waals surface area contributed by atoms with E-state index < -0.39 is 5.60 Å². The molecule has 0 aromatic heterocycles. The molecule has 2 bridgehead atoms. The third-order valence-corrected chi connectivity index (χ3v) is 5.70. The minimum Gasteiger partial charge on any atom is -0.444 e. The predicted molar refractivity (Wildman–Crippen MR) is 126 cm³/mol. The average Bonchev–Trinajstić information content (AvgIpc) is 2.91. The highest BCUT2D eigenvalue weighted by Crippen LogP contribution is 2.36. The number of aliphatic imine (C=N–C) groups is 1. The van der Waals surface area contributed by atoms with E-state index in [4.69, 9.17) is 9.47 Å². The molecule has 3 rings (SSSR count). The summed E-state index contributed by atoms with van der Waals surface area (Å²) in [5.41, 5.74) is 1.01. The molecule has 2 N–H and O–H groups in total. The first-order valence-electron chi connectivity index (χ1n) is 10.6. The van der Waals surface area contributed by atoms with E-state index in [0.29, 0.717) is 6.04 Å². The molecule has 29 heavy (non-hydrogen) atoms. The Labute approximate surface area is 192 Å². The Morgan fingerprint density at radius 1 is 1.31 bits per heavy atom. The second-order valence-corrected chi connectivity index (χ2v) is 9.02. The number of fused-ring (bicyclic) bond motifs is 2. The van der Waals surface area contributed by atoms with Gasteiger partial charge in [-0.25, -0.2) is 4.79 Å². The first-order chi connectivity index (χ1) is 13.4. The van der Waals surface area contributed by atoms with E-state index in [1.807, 2.05) is 32.7 Å². The summed E-state index contributed by atoms with van der Waals surface area (Å²) in [6.07, 6.45) is 8.08. The lowest BCUT2D eigenvalue weighted by atomic mass is 9.98. The minimum atomic E-state index is -0.447. The molecular weight excluding hydrogens is 483 g/mol. The number of carbonyl (C=O) groups excluding carboxylic acids is 1. The van der Waals surface area contributed by atoms with Crippen molar-refractivity contribution in [3.05, 3.63) is 11.6 Å². The Morgan fingerprint density at radius 3 is 2.55 bits per heavy atom. The molecule has 3 heterocycles. The van der Waals surface area contributed by atoms with Crippen molar-refractivity contribution in [2.45, 2.75) is 83.0 Å². The molecule has 2 saturated heterocycles. The average molecular weight is 520 g/mol. The minimum absolute atomic E-state index is 0. The van der Waals surface area contributed by atoms with Crippen LogP contribution >= 0.6 is 24.0 Å². The van der Waals surface area contributed by atoms with Gasteiger partial charge < -0.3 is 25.0 Å². The summed E-state index contributed by atoms with van der Waals surface area (Å²) in [5.74, 6) is 0.850. The molecule has 2 fully saturated rings. The molecule has 0 aliphatic carbocycles. The van der Waals surface area contributed by atoms with Crippen LogP contribution in [-0.4, -0.2) is 67.5 Å². The van der Waals surface area contributed by atoms with Gasteiger partial charge in [-0.2, -0.15) is 0 Å². The van der Waals surface area contributed by atoms with Gasteiger partial charge in [0, 0.05) is 31.7 Å². The molecular formula is C21H37IN4O3. The van der Waals surface area contributed by atoms with Crippen LogP contribution in [0.25, 0.3) is 0 Å². The maximum atomic E-state index is 12.6. The molecule has 7 nitrogen and oxygen atoms in total. The van der Waals surface area contributed by atoms with Gasteiger partial charge in [-0.1, -0.05) is 11.6 Å². The fraction of sp³-hybridized carbons (Fsp3) is 0.810. The van der Waals surface area contributed by atoms with Crippen LogP contribution in [-0.2, 0) is 9.47 Å². The summed E-state index contributed by atoms with van der Waals surface area (Å²) in [4.78, 5) is 19.0. The summed E-state index contributed by atoms with van der Waals surface area (Å²) in [6.45, 7) is 8.21. The maximum absolute atomic E-state index is 12.6. The molecule has 2 atom stereocenters. The zero-order chi connectivity index (χ0) is 20.1. The van der Waals surface area contributed by atoms with Crippen molar-refractivity contribution in [1.82, 2.24) is 15.5 Å². The summed E-state index contributed by atoms with van der Waals surface area (Å²) < 4.78 is 11.0. The van der Waals surface area contributed by atoms with Crippen LogP contribution in [0.1, 0.15) is 59.3 Å². The second-order valence-electron chi connectivity index (χ2n) is 9.02. The van der Waals surface area contributed by atoms with Gasteiger partial charge in [0.1, 0.15) is 5.60 Å². The molecule has 3 aliphatic heterocycles. The molecule has 1 amide bonds. The number of nitrogens with zero attached hydrogens (tertiary/aromatic N) is 2. The molecule has 0 aromatic rings. The molecule has 3 aliphatic rings. The molecule has 0 radical (unpaired) electrons. The highest BCUT2D eigenvalue weighted by atomic mass is 127. The molecule has 0 saturated carbocycles. The number of halogens is 1. The van der Waals surface area contributed by atoms with E-state index in [9.17, 15) is 4.79 Å². The van der Waals surface area contributed by atoms with Gasteiger partial charge in [0.25, 0.3) is 0 Å². The standard InChI is InChI=1S/C21H36N4O3.HI/c1-21(2,3)28-20(26)25-17-5-6-18(25)14-16(13-17)24-19(22-4)23-10-7-15-8-11-27-12-9-15;/h8,16-18H,5-7,9-14H2,1-4H3,(H2,22,23,24);1H. The van der Waals surface area contributed by atoms with E-state index in [1.165, 1.54) is 5.57 Å². The third-order valence-electron chi connectivity index (χ3n) is 5.70. The number of guanidine groups is 1. The summed E-state index contributed by atoms with van der Waals surface area (Å²) in [6, 6.07) is 0.859. The Kier molecular flexibility index (Phi) is 9.06. The van der Waals surface area contributed by atoms with Crippen LogP contribution < -0.4 is 10.6 Å². The van der Waals surface area contributed by atoms with Crippen molar-refractivity contribution in [3.63, 3.8) is 0 Å². The van der Waals surface area contributed by atoms with Crippen LogP contribution in [0.5, 0.6) is 0 Å². The van der Waals surface area contributed by atoms with E-state index in [2.05, 4.69) is 21.7 Å². The van der Waals surface area contributed by atoms with Gasteiger partial charge in [-0.3, -0.25) is 4.99 Å². The number of carbonyl (C=O) groups is 1. The summed E-state index contributed by atoms with van der Waals surface area (Å²) >= 11 is 0. The van der Waals surface area contributed by atoms with Crippen LogP contribution in [0.15, 0.2) is 16.6 Å². The Morgan fingerprint density at radius 2 is 2.00 bits per heavy atom. The van der Waals surface area contributed by atoms with Crippen molar-refractivity contribution in [3.8, 4) is 0 Å². The van der Waals surface area contributed by atoms with Gasteiger partial charge in [-0.05, 0) is 59.3 Å². The normalized spacial score (nSPS) is 27.0. The van der Waals surface area contributed by atoms with Crippen molar-refractivity contribution < 1.29 is 14.3 Å². The van der Waals surface area contributed by atoms with Crippen molar-refractivity contribution in [2.75, 3.05) is 26.8 Å². The van der Waals surface area contributed by atoms with Crippen LogP contribution in [0.2, 0.25) is 0 Å². The number of hydrogen-bond acceptors (Lipinski definition) is 4. The Bertz CT molecular complexity index is 604. The van der Waals surface area contributed by atoms with E-state index in [-0.39, 0.29) is 42.2 Å². The maximum Gasteiger partial charge on any atom is 0.410 e. The Hall–Kier alpha value is -1.03. The van der Waals surface area contributed by atoms with Gasteiger partial charge in [0.05, 0.1) is 13.2 Å². The predicted octanol–water partition coefficient (Wildman–Crippen LogP) is 3.44. The van der Waals surface area contributed by atoms with E-state index in [0.717, 1.165) is 64.2 Å².